The van der Waals surface area contributed by atoms with Gasteiger partial charge >= 0.3 is 0 Å². The number of aromatic nitrogens is 2. The number of hydrogen-bond donors (Lipinski definition) is 2. The summed E-state index contributed by atoms with van der Waals surface area (Å²) in [5, 5.41) is 6.48. The monoisotopic (exact) mass is 523 g/mol. The first-order valence-corrected chi connectivity index (χ1v) is 9.58. The van der Waals surface area contributed by atoms with Gasteiger partial charge < -0.3 is 15.2 Å². The van der Waals surface area contributed by atoms with Crippen molar-refractivity contribution < 1.29 is 8.78 Å². The first-order chi connectivity index (χ1) is 14.1. The minimum atomic E-state index is -0.318. The van der Waals surface area contributed by atoms with Gasteiger partial charge in [-0.1, -0.05) is 24.3 Å². The molecule has 1 aromatic heterocycles. The van der Waals surface area contributed by atoms with E-state index in [1.807, 2.05) is 18.2 Å². The molecule has 1 fully saturated rings. The number of benzene rings is 2. The SMILES string of the molecule is CN=C(NCc1ccc(-n2ccnc2)c(F)c1)NCC1(c2ccccc2F)CC1.I. The molecular weight excluding hydrogens is 499 g/mol. The number of nitrogens with one attached hydrogen (secondary N) is 2. The minimum absolute atomic E-state index is 0. The molecule has 30 heavy (non-hydrogen) atoms. The number of guanidine groups is 1. The van der Waals surface area contributed by atoms with Crippen molar-refractivity contribution in [3.05, 3.63) is 83.9 Å². The predicted octanol–water partition coefficient (Wildman–Crippen LogP) is 4.17. The van der Waals surface area contributed by atoms with E-state index < -0.39 is 0 Å². The van der Waals surface area contributed by atoms with Crippen LogP contribution in [-0.4, -0.2) is 29.1 Å². The van der Waals surface area contributed by atoms with E-state index in [1.165, 1.54) is 12.1 Å². The Kier molecular flexibility index (Phi) is 7.06. The molecule has 1 saturated carbocycles. The third-order valence-corrected chi connectivity index (χ3v) is 5.37. The zero-order chi connectivity index (χ0) is 20.3. The lowest BCUT2D eigenvalue weighted by atomic mass is 9.95. The maximum absolute atomic E-state index is 14.4. The smallest absolute Gasteiger partial charge is 0.191 e. The van der Waals surface area contributed by atoms with Crippen molar-refractivity contribution in [1.82, 2.24) is 20.2 Å². The van der Waals surface area contributed by atoms with Crippen molar-refractivity contribution in [2.24, 2.45) is 4.99 Å². The molecule has 2 N–H and O–H groups in total. The molecule has 0 unspecified atom stereocenters. The van der Waals surface area contributed by atoms with Crippen molar-refractivity contribution in [3.8, 4) is 5.69 Å². The molecule has 0 saturated heterocycles. The summed E-state index contributed by atoms with van der Waals surface area (Å²) in [4.78, 5) is 8.17. The highest BCUT2D eigenvalue weighted by atomic mass is 127. The van der Waals surface area contributed by atoms with E-state index in [1.54, 1.807) is 42.5 Å². The summed E-state index contributed by atoms with van der Waals surface area (Å²) >= 11 is 0. The second-order valence-electron chi connectivity index (χ2n) is 7.30. The van der Waals surface area contributed by atoms with E-state index in [9.17, 15) is 8.78 Å². The second-order valence-corrected chi connectivity index (χ2v) is 7.30. The summed E-state index contributed by atoms with van der Waals surface area (Å²) in [7, 11) is 1.68. The molecule has 0 bridgehead atoms. The number of imidazole rings is 1. The van der Waals surface area contributed by atoms with Crippen LogP contribution < -0.4 is 10.6 Å². The predicted molar refractivity (Wildman–Crippen MR) is 124 cm³/mol. The van der Waals surface area contributed by atoms with Gasteiger partial charge in [0.2, 0.25) is 0 Å². The Balaban J connectivity index is 0.00000256. The lowest BCUT2D eigenvalue weighted by Crippen LogP contribution is -2.41. The summed E-state index contributed by atoms with van der Waals surface area (Å²) in [6.07, 6.45) is 6.76. The topological polar surface area (TPSA) is 54.2 Å². The first kappa shape index (κ1) is 22.2. The molecule has 3 aromatic rings. The Morgan fingerprint density at radius 1 is 1.13 bits per heavy atom. The fraction of sp³-hybridized carbons (Fsp3) is 0.273. The maximum atomic E-state index is 14.4. The average molecular weight is 523 g/mol. The normalized spacial score (nSPS) is 14.7. The Morgan fingerprint density at radius 2 is 1.93 bits per heavy atom. The van der Waals surface area contributed by atoms with Gasteiger partial charge in [0.1, 0.15) is 11.6 Å². The first-order valence-electron chi connectivity index (χ1n) is 9.58. The van der Waals surface area contributed by atoms with E-state index in [0.29, 0.717) is 24.7 Å². The Hall–Kier alpha value is -2.49. The fourth-order valence-electron chi connectivity index (χ4n) is 3.51. The highest BCUT2D eigenvalue weighted by Crippen LogP contribution is 2.48. The van der Waals surface area contributed by atoms with Gasteiger partial charge in [0, 0.05) is 37.9 Å². The average Bonchev–Trinajstić information content (AvgIpc) is 3.31. The van der Waals surface area contributed by atoms with Crippen LogP contribution >= 0.6 is 24.0 Å². The molecule has 4 rings (SSSR count). The molecule has 1 aliphatic rings. The molecule has 1 heterocycles. The van der Waals surface area contributed by atoms with Crippen LogP contribution in [0.5, 0.6) is 0 Å². The van der Waals surface area contributed by atoms with Gasteiger partial charge in [0.05, 0.1) is 12.0 Å². The molecule has 0 aliphatic heterocycles. The molecule has 2 aromatic carbocycles. The molecule has 8 heteroatoms. The summed E-state index contributed by atoms with van der Waals surface area (Å²) in [5.74, 6) is 0.122. The zero-order valence-corrected chi connectivity index (χ0v) is 18.9. The Labute approximate surface area is 191 Å². The number of nitrogens with zero attached hydrogens (tertiary/aromatic N) is 3. The van der Waals surface area contributed by atoms with Crippen LogP contribution in [0.2, 0.25) is 0 Å². The lowest BCUT2D eigenvalue weighted by molar-refractivity contribution is 0.559. The van der Waals surface area contributed by atoms with Gasteiger partial charge in [-0.3, -0.25) is 4.99 Å². The lowest BCUT2D eigenvalue weighted by Gasteiger charge is -2.19. The van der Waals surface area contributed by atoms with Crippen LogP contribution in [0.4, 0.5) is 8.78 Å². The molecule has 0 atom stereocenters. The van der Waals surface area contributed by atoms with Crippen LogP contribution in [0.25, 0.3) is 5.69 Å². The minimum Gasteiger partial charge on any atom is -0.356 e. The van der Waals surface area contributed by atoms with Crippen LogP contribution in [0, 0.1) is 11.6 Å². The van der Waals surface area contributed by atoms with Gasteiger partial charge in [0.15, 0.2) is 5.96 Å². The largest absolute Gasteiger partial charge is 0.356 e. The molecule has 5 nitrogen and oxygen atoms in total. The summed E-state index contributed by atoms with van der Waals surface area (Å²) in [5.41, 5.74) is 1.82. The number of rotatable bonds is 6. The highest BCUT2D eigenvalue weighted by molar-refractivity contribution is 14.0. The fourth-order valence-corrected chi connectivity index (χ4v) is 3.51. The van der Waals surface area contributed by atoms with Crippen molar-refractivity contribution >= 4 is 29.9 Å². The van der Waals surface area contributed by atoms with Crippen LogP contribution in [0.15, 0.2) is 66.2 Å². The summed E-state index contributed by atoms with van der Waals surface area (Å²) in [6.45, 7) is 1.02. The van der Waals surface area contributed by atoms with E-state index in [0.717, 1.165) is 24.0 Å². The van der Waals surface area contributed by atoms with Gasteiger partial charge in [-0.05, 0) is 42.2 Å². The van der Waals surface area contributed by atoms with Crippen molar-refractivity contribution in [2.75, 3.05) is 13.6 Å². The van der Waals surface area contributed by atoms with Crippen LogP contribution in [0.1, 0.15) is 24.0 Å². The number of halogens is 3. The highest BCUT2D eigenvalue weighted by Gasteiger charge is 2.45. The quantitative estimate of drug-likeness (QED) is 0.290. The third kappa shape index (κ3) is 4.80. The van der Waals surface area contributed by atoms with Gasteiger partial charge in [-0.25, -0.2) is 13.8 Å². The van der Waals surface area contributed by atoms with Gasteiger partial charge in [0.25, 0.3) is 0 Å². The van der Waals surface area contributed by atoms with E-state index in [4.69, 9.17) is 0 Å². The number of hydrogen-bond acceptors (Lipinski definition) is 2. The van der Waals surface area contributed by atoms with E-state index >= 15 is 0 Å². The Bertz CT molecular complexity index is 1020. The number of aliphatic imine (C=N–C) groups is 1. The molecule has 1 aliphatic carbocycles. The van der Waals surface area contributed by atoms with Crippen LogP contribution in [0.3, 0.4) is 0 Å². The van der Waals surface area contributed by atoms with Gasteiger partial charge in [-0.2, -0.15) is 0 Å². The van der Waals surface area contributed by atoms with E-state index in [2.05, 4.69) is 20.6 Å². The molecule has 0 radical (unpaired) electrons. The Morgan fingerprint density at radius 3 is 2.57 bits per heavy atom. The molecular formula is C22H24F2IN5. The maximum Gasteiger partial charge on any atom is 0.191 e. The van der Waals surface area contributed by atoms with Crippen molar-refractivity contribution in [2.45, 2.75) is 24.8 Å². The molecule has 0 amide bonds. The molecule has 158 valence electrons. The zero-order valence-electron chi connectivity index (χ0n) is 16.6. The molecule has 0 spiro atoms. The summed E-state index contributed by atoms with van der Waals surface area (Å²) in [6, 6.07) is 12.0. The van der Waals surface area contributed by atoms with Crippen molar-refractivity contribution in [1.29, 1.82) is 0 Å². The van der Waals surface area contributed by atoms with Crippen LogP contribution in [-0.2, 0) is 12.0 Å². The second kappa shape index (κ2) is 9.55. The summed E-state index contributed by atoms with van der Waals surface area (Å²) < 4.78 is 30.2. The third-order valence-electron chi connectivity index (χ3n) is 5.37. The van der Waals surface area contributed by atoms with E-state index in [-0.39, 0.29) is 41.0 Å². The van der Waals surface area contributed by atoms with Gasteiger partial charge in [-0.15, -0.1) is 24.0 Å². The standard InChI is InChI=1S/C22H23F2N5.HI/c1-25-21(28-14-22(8-9-22)17-4-2-3-5-18(17)23)27-13-16-6-7-20(19(24)12-16)29-11-10-26-15-29;/h2-7,10-12,15H,8-9,13-14H2,1H3,(H2,25,27,28);1H. The van der Waals surface area contributed by atoms with Crippen molar-refractivity contribution in [3.63, 3.8) is 0 Å².